The van der Waals surface area contributed by atoms with Crippen molar-refractivity contribution in [3.63, 3.8) is 0 Å². The topological polar surface area (TPSA) is 35.2 Å². The standard InChI is InChI=1S/C8H17NO/c1-7(2)8(3)6-10-5-4-9/h4-6,9H2,1-3H3. The van der Waals surface area contributed by atoms with E-state index >= 15 is 0 Å². The van der Waals surface area contributed by atoms with Gasteiger partial charge in [0.1, 0.15) is 0 Å². The third-order valence-corrected chi connectivity index (χ3v) is 1.43. The first-order valence-corrected chi connectivity index (χ1v) is 3.59. The lowest BCUT2D eigenvalue weighted by atomic mass is 10.2. The lowest BCUT2D eigenvalue weighted by molar-refractivity contribution is 0.163. The van der Waals surface area contributed by atoms with Crippen molar-refractivity contribution in [1.82, 2.24) is 0 Å². The lowest BCUT2D eigenvalue weighted by Crippen LogP contribution is -2.09. The van der Waals surface area contributed by atoms with Crippen LogP contribution in [0.1, 0.15) is 20.8 Å². The average Bonchev–Trinajstić information content (AvgIpc) is 1.88. The Hall–Kier alpha value is -0.340. The molecule has 0 aliphatic carbocycles. The number of hydrogen-bond acceptors (Lipinski definition) is 2. The first-order valence-electron chi connectivity index (χ1n) is 3.59. The SMILES string of the molecule is CC(C)=C(C)COCCN. The maximum atomic E-state index is 5.25. The summed E-state index contributed by atoms with van der Waals surface area (Å²) in [5, 5.41) is 0. The third kappa shape index (κ3) is 4.53. The van der Waals surface area contributed by atoms with Crippen molar-refractivity contribution in [1.29, 1.82) is 0 Å². The van der Waals surface area contributed by atoms with Crippen LogP contribution in [0, 0.1) is 0 Å². The van der Waals surface area contributed by atoms with E-state index < -0.39 is 0 Å². The molecule has 60 valence electrons. The van der Waals surface area contributed by atoms with Gasteiger partial charge in [0, 0.05) is 6.54 Å². The smallest absolute Gasteiger partial charge is 0.0677 e. The number of nitrogens with two attached hydrogens (primary N) is 1. The van der Waals surface area contributed by atoms with Crippen molar-refractivity contribution in [2.45, 2.75) is 20.8 Å². The Morgan fingerprint density at radius 1 is 1.30 bits per heavy atom. The minimum absolute atomic E-state index is 0.607. The number of hydrogen-bond donors (Lipinski definition) is 1. The highest BCUT2D eigenvalue weighted by Crippen LogP contribution is 2.01. The summed E-state index contributed by atoms with van der Waals surface area (Å²) in [7, 11) is 0. The molecule has 0 fully saturated rings. The molecule has 0 aromatic rings. The van der Waals surface area contributed by atoms with E-state index in [9.17, 15) is 0 Å². The van der Waals surface area contributed by atoms with Gasteiger partial charge in [0.15, 0.2) is 0 Å². The quantitative estimate of drug-likeness (QED) is 0.476. The fraction of sp³-hybridized carbons (Fsp3) is 0.750. The van der Waals surface area contributed by atoms with Gasteiger partial charge in [0.2, 0.25) is 0 Å². The summed E-state index contributed by atoms with van der Waals surface area (Å²) in [5.41, 5.74) is 7.88. The first-order chi connectivity index (χ1) is 4.68. The monoisotopic (exact) mass is 143 g/mol. The Kier molecular flexibility index (Phi) is 5.26. The summed E-state index contributed by atoms with van der Waals surface area (Å²) in [6.45, 7) is 8.23. The molecule has 0 rings (SSSR count). The van der Waals surface area contributed by atoms with Gasteiger partial charge in [-0.3, -0.25) is 0 Å². The summed E-state index contributed by atoms with van der Waals surface area (Å²) in [6, 6.07) is 0. The molecule has 0 saturated carbocycles. The van der Waals surface area contributed by atoms with Gasteiger partial charge in [-0.25, -0.2) is 0 Å². The van der Waals surface area contributed by atoms with Crippen LogP contribution in [0.25, 0.3) is 0 Å². The van der Waals surface area contributed by atoms with E-state index in [1.807, 2.05) is 0 Å². The van der Waals surface area contributed by atoms with Crippen LogP contribution in [0.5, 0.6) is 0 Å². The fourth-order valence-corrected chi connectivity index (χ4v) is 0.453. The summed E-state index contributed by atoms with van der Waals surface area (Å²) >= 11 is 0. The zero-order valence-corrected chi connectivity index (χ0v) is 7.11. The Morgan fingerprint density at radius 3 is 2.30 bits per heavy atom. The number of ether oxygens (including phenoxy) is 1. The highest BCUT2D eigenvalue weighted by atomic mass is 16.5. The Balaban J connectivity index is 3.40. The van der Waals surface area contributed by atoms with Crippen molar-refractivity contribution in [2.24, 2.45) is 5.73 Å². The predicted octanol–water partition coefficient (Wildman–Crippen LogP) is 1.32. The second-order valence-corrected chi connectivity index (χ2v) is 2.62. The minimum Gasteiger partial charge on any atom is -0.376 e. The largest absolute Gasteiger partial charge is 0.376 e. The predicted molar refractivity (Wildman–Crippen MR) is 43.9 cm³/mol. The maximum absolute atomic E-state index is 5.25. The number of rotatable bonds is 4. The molecule has 0 aromatic carbocycles. The van der Waals surface area contributed by atoms with E-state index in [1.165, 1.54) is 11.1 Å². The molecule has 0 aliphatic rings. The van der Waals surface area contributed by atoms with Crippen molar-refractivity contribution in [2.75, 3.05) is 19.8 Å². The molecule has 0 heterocycles. The van der Waals surface area contributed by atoms with E-state index in [-0.39, 0.29) is 0 Å². The second-order valence-electron chi connectivity index (χ2n) is 2.62. The summed E-state index contributed by atoms with van der Waals surface area (Å²) in [5.74, 6) is 0. The van der Waals surface area contributed by atoms with Crippen LogP contribution in [0.4, 0.5) is 0 Å². The van der Waals surface area contributed by atoms with Gasteiger partial charge in [-0.15, -0.1) is 0 Å². The molecule has 2 nitrogen and oxygen atoms in total. The molecular weight excluding hydrogens is 126 g/mol. The molecule has 0 spiro atoms. The van der Waals surface area contributed by atoms with Crippen molar-refractivity contribution in [3.8, 4) is 0 Å². The van der Waals surface area contributed by atoms with Crippen LogP contribution in [0.15, 0.2) is 11.1 Å². The van der Waals surface area contributed by atoms with Gasteiger partial charge in [-0.2, -0.15) is 0 Å². The van der Waals surface area contributed by atoms with Gasteiger partial charge in [-0.1, -0.05) is 5.57 Å². The van der Waals surface area contributed by atoms with Gasteiger partial charge in [-0.05, 0) is 26.3 Å². The highest BCUT2D eigenvalue weighted by molar-refractivity contribution is 5.06. The van der Waals surface area contributed by atoms with Gasteiger partial charge in [0.25, 0.3) is 0 Å². The number of allylic oxidation sites excluding steroid dienone is 1. The van der Waals surface area contributed by atoms with Gasteiger partial charge >= 0.3 is 0 Å². The molecule has 0 bridgehead atoms. The van der Waals surface area contributed by atoms with E-state index in [4.69, 9.17) is 10.5 Å². The van der Waals surface area contributed by atoms with Crippen LogP contribution in [0.3, 0.4) is 0 Å². The summed E-state index contributed by atoms with van der Waals surface area (Å²) < 4.78 is 5.22. The van der Waals surface area contributed by atoms with Crippen LogP contribution in [-0.2, 0) is 4.74 Å². The van der Waals surface area contributed by atoms with E-state index in [0.717, 1.165) is 6.61 Å². The fourth-order valence-electron chi connectivity index (χ4n) is 0.453. The zero-order valence-electron chi connectivity index (χ0n) is 7.11. The van der Waals surface area contributed by atoms with Gasteiger partial charge in [0.05, 0.1) is 13.2 Å². The highest BCUT2D eigenvalue weighted by Gasteiger charge is 1.90. The van der Waals surface area contributed by atoms with Crippen LogP contribution in [-0.4, -0.2) is 19.8 Å². The van der Waals surface area contributed by atoms with Gasteiger partial charge < -0.3 is 10.5 Å². The normalized spacial score (nSPS) is 9.60. The Bertz CT molecular complexity index is 114. The maximum Gasteiger partial charge on any atom is 0.0677 e. The third-order valence-electron chi connectivity index (χ3n) is 1.43. The van der Waals surface area contributed by atoms with Crippen LogP contribution >= 0.6 is 0 Å². The zero-order chi connectivity index (χ0) is 7.98. The Labute approximate surface area is 63.1 Å². The average molecular weight is 143 g/mol. The molecule has 0 unspecified atom stereocenters. The van der Waals surface area contributed by atoms with Crippen molar-refractivity contribution in [3.05, 3.63) is 11.1 Å². The molecule has 0 saturated heterocycles. The van der Waals surface area contributed by atoms with E-state index in [1.54, 1.807) is 0 Å². The molecule has 0 radical (unpaired) electrons. The molecule has 0 atom stereocenters. The van der Waals surface area contributed by atoms with E-state index in [2.05, 4.69) is 20.8 Å². The molecule has 2 heteroatoms. The summed E-state index contributed by atoms with van der Waals surface area (Å²) in [4.78, 5) is 0. The molecule has 0 aromatic heterocycles. The molecule has 2 N–H and O–H groups in total. The minimum atomic E-state index is 0.607. The van der Waals surface area contributed by atoms with Crippen molar-refractivity contribution >= 4 is 0 Å². The molecule has 0 amide bonds. The lowest BCUT2D eigenvalue weighted by Gasteiger charge is -2.03. The summed E-state index contributed by atoms with van der Waals surface area (Å²) in [6.07, 6.45) is 0. The molecule has 0 aliphatic heterocycles. The second kappa shape index (κ2) is 5.45. The van der Waals surface area contributed by atoms with Crippen LogP contribution in [0.2, 0.25) is 0 Å². The Morgan fingerprint density at radius 2 is 1.90 bits per heavy atom. The van der Waals surface area contributed by atoms with Crippen LogP contribution < -0.4 is 5.73 Å². The molecular formula is C8H17NO. The molecule has 10 heavy (non-hydrogen) atoms. The first kappa shape index (κ1) is 9.66. The van der Waals surface area contributed by atoms with E-state index in [0.29, 0.717) is 13.2 Å². The van der Waals surface area contributed by atoms with Crippen molar-refractivity contribution < 1.29 is 4.74 Å².